The lowest BCUT2D eigenvalue weighted by molar-refractivity contribution is -0.139. The molecule has 104 valence electrons. The Balaban J connectivity index is 2.53. The van der Waals surface area contributed by atoms with Crippen molar-refractivity contribution >= 4 is 11.9 Å². The molecular formula is C14H25NO3. The Morgan fingerprint density at radius 3 is 2.22 bits per heavy atom. The Morgan fingerprint density at radius 1 is 1.11 bits per heavy atom. The molecule has 1 heterocycles. The topological polar surface area (TPSA) is 57.6 Å². The van der Waals surface area contributed by atoms with Crippen molar-refractivity contribution in [2.24, 2.45) is 5.92 Å². The highest BCUT2D eigenvalue weighted by Crippen LogP contribution is 2.19. The number of likely N-dealkylation sites (tertiary alicyclic amines) is 1. The molecule has 1 fully saturated rings. The van der Waals surface area contributed by atoms with Crippen LogP contribution in [0.25, 0.3) is 0 Å². The summed E-state index contributed by atoms with van der Waals surface area (Å²) in [6, 6.07) is 0. The van der Waals surface area contributed by atoms with Crippen LogP contribution in [-0.2, 0) is 9.59 Å². The predicted octanol–water partition coefficient (Wildman–Crippen LogP) is 2.67. The summed E-state index contributed by atoms with van der Waals surface area (Å²) in [5.41, 5.74) is 0. The Labute approximate surface area is 109 Å². The Hall–Kier alpha value is -1.06. The molecule has 0 aromatic carbocycles. The van der Waals surface area contributed by atoms with Crippen molar-refractivity contribution < 1.29 is 14.7 Å². The minimum atomic E-state index is -0.806. The van der Waals surface area contributed by atoms with Gasteiger partial charge in [-0.2, -0.15) is 0 Å². The molecule has 0 aliphatic carbocycles. The lowest BCUT2D eigenvalue weighted by Crippen LogP contribution is -2.37. The van der Waals surface area contributed by atoms with Crippen molar-refractivity contribution in [1.82, 2.24) is 4.90 Å². The van der Waals surface area contributed by atoms with Crippen LogP contribution in [0.4, 0.5) is 0 Å². The highest BCUT2D eigenvalue weighted by Gasteiger charge is 2.24. The molecule has 1 saturated heterocycles. The van der Waals surface area contributed by atoms with Crippen molar-refractivity contribution in [3.05, 3.63) is 0 Å². The van der Waals surface area contributed by atoms with Crippen LogP contribution in [0.5, 0.6) is 0 Å². The van der Waals surface area contributed by atoms with Gasteiger partial charge in [0.05, 0.1) is 0 Å². The van der Waals surface area contributed by atoms with Gasteiger partial charge in [-0.25, -0.2) is 0 Å². The molecule has 0 spiro atoms. The Kier molecular flexibility index (Phi) is 6.76. The molecule has 0 aromatic heterocycles. The molecule has 1 aliphatic rings. The van der Waals surface area contributed by atoms with Gasteiger partial charge < -0.3 is 10.0 Å². The normalized spacial score (nSPS) is 18.2. The van der Waals surface area contributed by atoms with Crippen molar-refractivity contribution in [2.75, 3.05) is 13.1 Å². The summed E-state index contributed by atoms with van der Waals surface area (Å²) in [5, 5.41) is 8.74. The maximum atomic E-state index is 12.4. The zero-order chi connectivity index (χ0) is 13.4. The van der Waals surface area contributed by atoms with E-state index in [9.17, 15) is 9.59 Å². The zero-order valence-electron chi connectivity index (χ0n) is 11.4. The first-order chi connectivity index (χ1) is 8.65. The summed E-state index contributed by atoms with van der Waals surface area (Å²) in [6.07, 6.45) is 6.91. The van der Waals surface area contributed by atoms with E-state index in [0.29, 0.717) is 6.42 Å². The van der Waals surface area contributed by atoms with Crippen LogP contribution in [0, 0.1) is 5.92 Å². The van der Waals surface area contributed by atoms with Gasteiger partial charge >= 0.3 is 5.97 Å². The summed E-state index contributed by atoms with van der Waals surface area (Å²) in [7, 11) is 0. The van der Waals surface area contributed by atoms with Gasteiger partial charge in [-0.1, -0.05) is 26.2 Å². The van der Waals surface area contributed by atoms with E-state index < -0.39 is 5.97 Å². The van der Waals surface area contributed by atoms with Gasteiger partial charge in [-0.05, 0) is 25.7 Å². The van der Waals surface area contributed by atoms with Crippen LogP contribution in [0.1, 0.15) is 58.3 Å². The average Bonchev–Trinajstić information content (AvgIpc) is 2.62. The van der Waals surface area contributed by atoms with Crippen LogP contribution >= 0.6 is 0 Å². The van der Waals surface area contributed by atoms with E-state index in [-0.39, 0.29) is 18.2 Å². The molecular weight excluding hydrogens is 230 g/mol. The zero-order valence-corrected chi connectivity index (χ0v) is 11.4. The van der Waals surface area contributed by atoms with E-state index in [2.05, 4.69) is 0 Å². The van der Waals surface area contributed by atoms with Gasteiger partial charge in [0.2, 0.25) is 5.91 Å². The summed E-state index contributed by atoms with van der Waals surface area (Å²) in [4.78, 5) is 25.0. The van der Waals surface area contributed by atoms with Gasteiger partial charge in [0.1, 0.15) is 0 Å². The van der Waals surface area contributed by atoms with Crippen molar-refractivity contribution in [2.45, 2.75) is 58.3 Å². The van der Waals surface area contributed by atoms with E-state index in [1.807, 2.05) is 11.8 Å². The lowest BCUT2D eigenvalue weighted by Gasteiger charge is -2.25. The third-order valence-corrected chi connectivity index (χ3v) is 3.61. The Bertz CT molecular complexity index is 270. The number of hydrogen-bond donors (Lipinski definition) is 1. The van der Waals surface area contributed by atoms with Gasteiger partial charge in [0, 0.05) is 25.4 Å². The smallest absolute Gasteiger partial charge is 0.303 e. The van der Waals surface area contributed by atoms with Gasteiger partial charge in [0.25, 0.3) is 0 Å². The second-order valence-corrected chi connectivity index (χ2v) is 5.16. The first-order valence-corrected chi connectivity index (χ1v) is 7.15. The second-order valence-electron chi connectivity index (χ2n) is 5.16. The average molecular weight is 255 g/mol. The first kappa shape index (κ1) is 15.0. The summed E-state index contributed by atoms with van der Waals surface area (Å²) < 4.78 is 0. The number of hydrogen-bond acceptors (Lipinski definition) is 2. The predicted molar refractivity (Wildman–Crippen MR) is 70.3 cm³/mol. The summed E-state index contributed by atoms with van der Waals surface area (Å²) in [5.74, 6) is -0.719. The molecule has 4 heteroatoms. The van der Waals surface area contributed by atoms with Crippen LogP contribution < -0.4 is 0 Å². The molecule has 0 radical (unpaired) electrons. The number of rotatable bonds is 6. The van der Waals surface area contributed by atoms with Crippen LogP contribution in [0.3, 0.4) is 0 Å². The SMILES string of the molecule is CCCC(CCC(=O)O)C(=O)N1CCCCCC1. The van der Waals surface area contributed by atoms with Gasteiger partial charge in [0.15, 0.2) is 0 Å². The first-order valence-electron chi connectivity index (χ1n) is 7.15. The van der Waals surface area contributed by atoms with E-state index >= 15 is 0 Å². The number of carboxylic acids is 1. The molecule has 1 atom stereocenters. The quantitative estimate of drug-likeness (QED) is 0.793. The molecule has 4 nitrogen and oxygen atoms in total. The number of carbonyl (C=O) groups excluding carboxylic acids is 1. The van der Waals surface area contributed by atoms with E-state index in [4.69, 9.17) is 5.11 Å². The monoisotopic (exact) mass is 255 g/mol. The third kappa shape index (κ3) is 5.07. The molecule has 0 saturated carbocycles. The van der Waals surface area contributed by atoms with Crippen LogP contribution in [0.2, 0.25) is 0 Å². The summed E-state index contributed by atoms with van der Waals surface area (Å²) >= 11 is 0. The summed E-state index contributed by atoms with van der Waals surface area (Å²) in [6.45, 7) is 3.75. The Morgan fingerprint density at radius 2 is 1.72 bits per heavy atom. The maximum absolute atomic E-state index is 12.4. The lowest BCUT2D eigenvalue weighted by atomic mass is 9.96. The molecule has 1 N–H and O–H groups in total. The number of nitrogens with zero attached hydrogens (tertiary/aromatic N) is 1. The number of carboxylic acid groups (broad SMARTS) is 1. The standard InChI is InChI=1S/C14H25NO3/c1-2-7-12(8-9-13(16)17)14(18)15-10-5-3-4-6-11-15/h12H,2-11H2,1H3,(H,16,17). The number of carbonyl (C=O) groups is 2. The van der Waals surface area contributed by atoms with Crippen molar-refractivity contribution in [3.63, 3.8) is 0 Å². The maximum Gasteiger partial charge on any atom is 0.303 e. The van der Waals surface area contributed by atoms with Crippen molar-refractivity contribution in [3.8, 4) is 0 Å². The van der Waals surface area contributed by atoms with E-state index in [0.717, 1.165) is 38.8 Å². The fraction of sp³-hybridized carbons (Fsp3) is 0.857. The highest BCUT2D eigenvalue weighted by molar-refractivity contribution is 5.79. The van der Waals surface area contributed by atoms with Gasteiger partial charge in [-0.15, -0.1) is 0 Å². The molecule has 1 aliphatic heterocycles. The minimum Gasteiger partial charge on any atom is -0.481 e. The highest BCUT2D eigenvalue weighted by atomic mass is 16.4. The minimum absolute atomic E-state index is 0.0933. The molecule has 18 heavy (non-hydrogen) atoms. The number of aliphatic carboxylic acids is 1. The van der Waals surface area contributed by atoms with Crippen LogP contribution in [0.15, 0.2) is 0 Å². The molecule has 1 rings (SSSR count). The molecule has 0 aromatic rings. The van der Waals surface area contributed by atoms with Crippen LogP contribution in [-0.4, -0.2) is 35.0 Å². The molecule has 0 bridgehead atoms. The fourth-order valence-corrected chi connectivity index (χ4v) is 2.59. The molecule has 1 amide bonds. The third-order valence-electron chi connectivity index (χ3n) is 3.61. The molecule has 1 unspecified atom stereocenters. The van der Waals surface area contributed by atoms with E-state index in [1.54, 1.807) is 0 Å². The fourth-order valence-electron chi connectivity index (χ4n) is 2.59. The van der Waals surface area contributed by atoms with Gasteiger partial charge in [-0.3, -0.25) is 9.59 Å². The number of amides is 1. The largest absolute Gasteiger partial charge is 0.481 e. The van der Waals surface area contributed by atoms with Crippen molar-refractivity contribution in [1.29, 1.82) is 0 Å². The van der Waals surface area contributed by atoms with E-state index in [1.165, 1.54) is 12.8 Å². The second kappa shape index (κ2) is 8.11.